The Morgan fingerprint density at radius 3 is 1.19 bits per heavy atom. The smallest absolute Gasteiger partial charge is 0.335 e. The standard InChI is InChI=1S/C73H112O12/c1-4-7-10-13-16-19-22-25-28-31-33-36-38-41-44-47-50-53-56-59-65(74)81-62-64(83-66(75)60-57-54-51-48-45-42-40-37-34-32-29-26-23-20-17-14-11-8-5-2)63-82-73-71(69(78)68(77)70(85-73)72(79)80)84-67(76)61-58-55-52-49-46-43-39-35-30-27-24-21-18-15-12-9-6-3/h7-8,10-11,16-21,25-30,33-34,36-37,41-42,44-45,50,53,64,68-71,73,77-78H,4-6,9,12-15,22-24,31-32,35,38-40,43,46-49,51-52,54-63H2,1-3H3,(H,79,80)/b10-7-,11-8-,19-16-,20-17-,21-18-,28-25-,29-26-,30-27-,36-33-,37-34-,44-41-,45-42-,53-50-. The van der Waals surface area contributed by atoms with E-state index in [4.69, 9.17) is 23.7 Å². The Morgan fingerprint density at radius 2 is 0.765 bits per heavy atom. The van der Waals surface area contributed by atoms with E-state index in [1.165, 1.54) is 19.3 Å². The maximum atomic E-state index is 13.2. The molecular formula is C73H112O12. The van der Waals surface area contributed by atoms with Gasteiger partial charge in [0.05, 0.1) is 6.61 Å². The predicted molar refractivity (Wildman–Crippen MR) is 349 cm³/mol. The van der Waals surface area contributed by atoms with Gasteiger partial charge in [-0.05, 0) is 135 Å². The number of carboxylic acid groups (broad SMARTS) is 1. The zero-order valence-corrected chi connectivity index (χ0v) is 52.5. The van der Waals surface area contributed by atoms with Crippen molar-refractivity contribution in [2.24, 2.45) is 0 Å². The molecule has 12 nitrogen and oxygen atoms in total. The minimum absolute atomic E-state index is 0.0311. The number of ether oxygens (including phenoxy) is 5. The third kappa shape index (κ3) is 48.2. The SMILES string of the molecule is CC/C=C\C/C=C\C/C=C\C/C=C\C/C=C\C/C=C\CCC(=O)OCC(COC1OC(C(=O)O)C(O)C(O)C1OC(=O)CCCCCCCCC/C=C\C/C=C\CCCCC)OC(=O)CCCCC/C=C\C/C=C\C/C=C\C/C=C\C/C=C\CC. The third-order valence-electron chi connectivity index (χ3n) is 13.6. The van der Waals surface area contributed by atoms with Crippen LogP contribution in [0.3, 0.4) is 0 Å². The second-order valence-corrected chi connectivity index (χ2v) is 21.3. The lowest BCUT2D eigenvalue weighted by Crippen LogP contribution is -2.61. The number of aliphatic hydroxyl groups is 2. The minimum atomic E-state index is -1.93. The van der Waals surface area contributed by atoms with E-state index in [0.29, 0.717) is 25.7 Å². The van der Waals surface area contributed by atoms with Crippen LogP contribution in [0.2, 0.25) is 0 Å². The van der Waals surface area contributed by atoms with E-state index >= 15 is 0 Å². The van der Waals surface area contributed by atoms with Gasteiger partial charge in [-0.2, -0.15) is 0 Å². The molecular weight excluding hydrogens is 1070 g/mol. The molecule has 1 aliphatic rings. The molecule has 476 valence electrons. The van der Waals surface area contributed by atoms with Gasteiger partial charge in [-0.3, -0.25) is 14.4 Å². The quantitative estimate of drug-likeness (QED) is 0.0228. The van der Waals surface area contributed by atoms with Crippen LogP contribution in [0, 0.1) is 0 Å². The highest BCUT2D eigenvalue weighted by atomic mass is 16.7. The Balaban J connectivity index is 2.76. The molecule has 1 aliphatic heterocycles. The highest BCUT2D eigenvalue weighted by molar-refractivity contribution is 5.74. The Hall–Kier alpha value is -5.66. The summed E-state index contributed by atoms with van der Waals surface area (Å²) in [6, 6.07) is 0. The van der Waals surface area contributed by atoms with Crippen LogP contribution in [-0.2, 0) is 42.9 Å². The van der Waals surface area contributed by atoms with Crippen LogP contribution in [-0.4, -0.2) is 89.2 Å². The van der Waals surface area contributed by atoms with Gasteiger partial charge in [0.25, 0.3) is 0 Å². The number of allylic oxidation sites excluding steroid dienone is 26. The van der Waals surface area contributed by atoms with Gasteiger partial charge in [-0.25, -0.2) is 4.79 Å². The minimum Gasteiger partial charge on any atom is -0.479 e. The van der Waals surface area contributed by atoms with Crippen molar-refractivity contribution >= 4 is 23.9 Å². The number of aliphatic hydroxyl groups excluding tert-OH is 2. The first-order valence-corrected chi connectivity index (χ1v) is 32.5. The molecule has 3 N–H and O–H groups in total. The van der Waals surface area contributed by atoms with Crippen LogP contribution in [0.25, 0.3) is 0 Å². The number of carbonyl (C=O) groups is 4. The van der Waals surface area contributed by atoms with Gasteiger partial charge in [0, 0.05) is 19.3 Å². The molecule has 0 bridgehead atoms. The molecule has 0 aliphatic carbocycles. The fourth-order valence-electron chi connectivity index (χ4n) is 8.68. The molecule has 1 heterocycles. The first kappa shape index (κ1) is 77.4. The summed E-state index contributed by atoms with van der Waals surface area (Å²) < 4.78 is 28.4. The normalized spacial score (nSPS) is 18.5. The zero-order valence-electron chi connectivity index (χ0n) is 52.5. The number of carboxylic acids is 1. The molecule has 0 spiro atoms. The predicted octanol–water partition coefficient (Wildman–Crippen LogP) is 17.7. The number of esters is 3. The van der Waals surface area contributed by atoms with Gasteiger partial charge >= 0.3 is 23.9 Å². The summed E-state index contributed by atoms with van der Waals surface area (Å²) in [6.45, 7) is 5.65. The molecule has 0 amide bonds. The molecule has 1 rings (SSSR count). The molecule has 0 saturated carbocycles. The lowest BCUT2D eigenvalue weighted by Gasteiger charge is -2.40. The summed E-state index contributed by atoms with van der Waals surface area (Å²) in [4.78, 5) is 51.3. The summed E-state index contributed by atoms with van der Waals surface area (Å²) in [5.74, 6) is -3.31. The molecule has 12 heteroatoms. The number of hydrogen-bond donors (Lipinski definition) is 3. The summed E-state index contributed by atoms with van der Waals surface area (Å²) in [6.07, 6.45) is 73.5. The monoisotopic (exact) mass is 1180 g/mol. The van der Waals surface area contributed by atoms with Gasteiger partial charge in [-0.1, -0.05) is 230 Å². The molecule has 0 aromatic heterocycles. The molecule has 85 heavy (non-hydrogen) atoms. The average Bonchev–Trinajstić information content (AvgIpc) is 3.46. The van der Waals surface area contributed by atoms with Gasteiger partial charge in [0.15, 0.2) is 24.6 Å². The van der Waals surface area contributed by atoms with E-state index in [-0.39, 0.29) is 25.9 Å². The number of carbonyl (C=O) groups excluding carboxylic acids is 3. The van der Waals surface area contributed by atoms with Gasteiger partial charge in [-0.15, -0.1) is 0 Å². The van der Waals surface area contributed by atoms with E-state index in [1.807, 2.05) is 12.2 Å². The summed E-state index contributed by atoms with van der Waals surface area (Å²) in [5, 5.41) is 31.6. The first-order valence-electron chi connectivity index (χ1n) is 32.5. The number of rotatable bonds is 53. The highest BCUT2D eigenvalue weighted by Crippen LogP contribution is 2.26. The van der Waals surface area contributed by atoms with Crippen molar-refractivity contribution in [3.63, 3.8) is 0 Å². The van der Waals surface area contributed by atoms with Crippen molar-refractivity contribution in [3.8, 4) is 0 Å². The second-order valence-electron chi connectivity index (χ2n) is 21.3. The summed E-state index contributed by atoms with van der Waals surface area (Å²) in [7, 11) is 0. The maximum absolute atomic E-state index is 13.2. The Labute approximate surface area is 514 Å². The van der Waals surface area contributed by atoms with Crippen molar-refractivity contribution in [1.29, 1.82) is 0 Å². The van der Waals surface area contributed by atoms with Crippen molar-refractivity contribution in [1.82, 2.24) is 0 Å². The van der Waals surface area contributed by atoms with E-state index in [0.717, 1.165) is 141 Å². The van der Waals surface area contributed by atoms with Crippen LogP contribution < -0.4 is 0 Å². The molecule has 1 fully saturated rings. The number of hydrogen-bond acceptors (Lipinski definition) is 11. The van der Waals surface area contributed by atoms with E-state index < -0.39 is 67.3 Å². The lowest BCUT2D eigenvalue weighted by atomic mass is 9.98. The topological polar surface area (TPSA) is 175 Å². The average molecular weight is 1180 g/mol. The van der Waals surface area contributed by atoms with Crippen LogP contribution in [0.5, 0.6) is 0 Å². The summed E-state index contributed by atoms with van der Waals surface area (Å²) in [5.41, 5.74) is 0. The molecule has 6 atom stereocenters. The van der Waals surface area contributed by atoms with E-state index in [1.54, 1.807) is 0 Å². The van der Waals surface area contributed by atoms with Crippen LogP contribution in [0.15, 0.2) is 158 Å². The fourth-order valence-corrected chi connectivity index (χ4v) is 8.68. The van der Waals surface area contributed by atoms with E-state index in [2.05, 4.69) is 167 Å². The Kier molecular flexibility index (Phi) is 53.4. The third-order valence-corrected chi connectivity index (χ3v) is 13.6. The lowest BCUT2D eigenvalue weighted by molar-refractivity contribution is -0.301. The van der Waals surface area contributed by atoms with Crippen molar-refractivity contribution in [2.45, 2.75) is 263 Å². The van der Waals surface area contributed by atoms with Crippen molar-refractivity contribution < 1.29 is 58.2 Å². The molecule has 0 radical (unpaired) electrons. The molecule has 0 aromatic rings. The van der Waals surface area contributed by atoms with Gasteiger partial charge in [0.2, 0.25) is 0 Å². The van der Waals surface area contributed by atoms with Crippen LogP contribution >= 0.6 is 0 Å². The van der Waals surface area contributed by atoms with Gasteiger partial charge in [0.1, 0.15) is 18.8 Å². The van der Waals surface area contributed by atoms with Crippen molar-refractivity contribution in [2.75, 3.05) is 13.2 Å². The van der Waals surface area contributed by atoms with Gasteiger partial charge < -0.3 is 39.0 Å². The molecule has 6 unspecified atom stereocenters. The second kappa shape index (κ2) is 58.7. The fraction of sp³-hybridized carbons (Fsp3) is 0.589. The van der Waals surface area contributed by atoms with E-state index in [9.17, 15) is 34.5 Å². The zero-order chi connectivity index (χ0) is 61.7. The number of aliphatic carboxylic acids is 1. The van der Waals surface area contributed by atoms with Crippen LogP contribution in [0.1, 0.15) is 226 Å². The van der Waals surface area contributed by atoms with Crippen LogP contribution in [0.4, 0.5) is 0 Å². The maximum Gasteiger partial charge on any atom is 0.335 e. The number of unbranched alkanes of at least 4 members (excludes halogenated alkanes) is 13. The Morgan fingerprint density at radius 1 is 0.400 bits per heavy atom. The highest BCUT2D eigenvalue weighted by Gasteiger charge is 2.50. The molecule has 0 aromatic carbocycles. The van der Waals surface area contributed by atoms with Crippen molar-refractivity contribution in [3.05, 3.63) is 158 Å². The first-order chi connectivity index (χ1) is 41.6. The Bertz CT molecular complexity index is 2080. The molecule has 1 saturated heterocycles. The largest absolute Gasteiger partial charge is 0.479 e. The summed E-state index contributed by atoms with van der Waals surface area (Å²) >= 11 is 0.